The summed E-state index contributed by atoms with van der Waals surface area (Å²) in [5, 5.41) is 10.1. The van der Waals surface area contributed by atoms with E-state index in [4.69, 9.17) is 0 Å². The van der Waals surface area contributed by atoms with Crippen molar-refractivity contribution in [2.24, 2.45) is 0 Å². The van der Waals surface area contributed by atoms with Gasteiger partial charge in [-0.25, -0.2) is 0 Å². The quantitative estimate of drug-likeness (QED) is 0.812. The number of aromatic hydroxyl groups is 1. The molecule has 2 nitrogen and oxygen atoms in total. The van der Waals surface area contributed by atoms with Crippen molar-refractivity contribution in [3.05, 3.63) is 28.3 Å². The van der Waals surface area contributed by atoms with Gasteiger partial charge in [0.2, 0.25) is 0 Å². The minimum absolute atomic E-state index is 0.125. The Morgan fingerprint density at radius 2 is 2.00 bits per heavy atom. The van der Waals surface area contributed by atoms with Crippen LogP contribution in [0.4, 0.5) is 0 Å². The minimum atomic E-state index is 0.125. The summed E-state index contributed by atoms with van der Waals surface area (Å²) in [6, 6.07) is 1.86. The number of fused-ring (bicyclic) bond motifs is 1. The molecular formula is C15H20O2. The molecule has 0 aromatic heterocycles. The molecule has 1 aliphatic carbocycles. The number of phenols is 1. The van der Waals surface area contributed by atoms with Crippen LogP contribution in [-0.4, -0.2) is 11.4 Å². The standard InChI is InChI=1S/C15H20O2/c1-10(7-8-16)15-13-6-4-3-5-12(13)11(2)9-14(15)17/h8-10,17H,3-7H2,1-2H3. The van der Waals surface area contributed by atoms with Crippen molar-refractivity contribution in [2.75, 3.05) is 0 Å². The van der Waals surface area contributed by atoms with E-state index in [2.05, 4.69) is 6.92 Å². The van der Waals surface area contributed by atoms with Gasteiger partial charge >= 0.3 is 0 Å². The average Bonchev–Trinajstić information content (AvgIpc) is 2.29. The van der Waals surface area contributed by atoms with Gasteiger partial charge in [-0.2, -0.15) is 0 Å². The van der Waals surface area contributed by atoms with Crippen LogP contribution in [0.2, 0.25) is 0 Å². The maximum atomic E-state index is 10.7. The summed E-state index contributed by atoms with van der Waals surface area (Å²) in [7, 11) is 0. The fourth-order valence-electron chi connectivity index (χ4n) is 2.97. The Morgan fingerprint density at radius 1 is 1.35 bits per heavy atom. The SMILES string of the molecule is Cc1cc(O)c(C(C)CC=O)c2c1CCCC2. The number of benzene rings is 1. The Bertz CT molecular complexity index is 435. The molecule has 1 aromatic rings. The molecule has 2 rings (SSSR count). The Morgan fingerprint density at radius 3 is 2.65 bits per heavy atom. The third-order valence-electron chi connectivity index (χ3n) is 3.84. The molecule has 1 N–H and O–H groups in total. The summed E-state index contributed by atoms with van der Waals surface area (Å²) < 4.78 is 0. The Hall–Kier alpha value is -1.31. The zero-order valence-electron chi connectivity index (χ0n) is 10.6. The van der Waals surface area contributed by atoms with Crippen molar-refractivity contribution in [2.45, 2.75) is 51.9 Å². The number of carbonyl (C=O) groups is 1. The van der Waals surface area contributed by atoms with Gasteiger partial charge in [0.25, 0.3) is 0 Å². The van der Waals surface area contributed by atoms with E-state index in [0.29, 0.717) is 12.2 Å². The molecule has 0 saturated heterocycles. The molecule has 0 saturated carbocycles. The molecule has 0 amide bonds. The van der Waals surface area contributed by atoms with E-state index in [-0.39, 0.29) is 5.92 Å². The molecule has 0 radical (unpaired) electrons. The number of phenolic OH excluding ortho intramolecular Hbond substituents is 1. The van der Waals surface area contributed by atoms with Gasteiger partial charge in [0.15, 0.2) is 0 Å². The third kappa shape index (κ3) is 2.21. The van der Waals surface area contributed by atoms with E-state index in [1.165, 1.54) is 29.5 Å². The Labute approximate surface area is 103 Å². The van der Waals surface area contributed by atoms with Gasteiger partial charge < -0.3 is 9.90 Å². The molecule has 0 spiro atoms. The summed E-state index contributed by atoms with van der Waals surface area (Å²) in [6.45, 7) is 4.09. The number of aldehydes is 1. The minimum Gasteiger partial charge on any atom is -0.508 e. The molecule has 17 heavy (non-hydrogen) atoms. The van der Waals surface area contributed by atoms with Crippen molar-refractivity contribution < 1.29 is 9.90 Å². The maximum Gasteiger partial charge on any atom is 0.120 e. The fraction of sp³-hybridized carbons (Fsp3) is 0.533. The van der Waals surface area contributed by atoms with Gasteiger partial charge in [-0.15, -0.1) is 0 Å². The van der Waals surface area contributed by atoms with Crippen molar-refractivity contribution in [1.29, 1.82) is 0 Å². The lowest BCUT2D eigenvalue weighted by Crippen LogP contribution is -2.11. The van der Waals surface area contributed by atoms with E-state index in [1.807, 2.05) is 13.0 Å². The van der Waals surface area contributed by atoms with E-state index in [0.717, 1.165) is 24.7 Å². The third-order valence-corrected chi connectivity index (χ3v) is 3.84. The van der Waals surface area contributed by atoms with E-state index in [9.17, 15) is 9.90 Å². The highest BCUT2D eigenvalue weighted by molar-refractivity contribution is 5.56. The molecule has 0 aliphatic heterocycles. The first-order chi connectivity index (χ1) is 8.15. The van der Waals surface area contributed by atoms with Crippen LogP contribution in [-0.2, 0) is 17.6 Å². The fourth-order valence-corrected chi connectivity index (χ4v) is 2.97. The predicted molar refractivity (Wildman–Crippen MR) is 68.6 cm³/mol. The average molecular weight is 232 g/mol. The van der Waals surface area contributed by atoms with Crippen LogP contribution in [0, 0.1) is 6.92 Å². The lowest BCUT2D eigenvalue weighted by Gasteiger charge is -2.25. The van der Waals surface area contributed by atoms with Gasteiger partial charge in [-0.1, -0.05) is 6.92 Å². The molecule has 0 heterocycles. The second kappa shape index (κ2) is 4.91. The van der Waals surface area contributed by atoms with Crippen LogP contribution in [0.3, 0.4) is 0 Å². The van der Waals surface area contributed by atoms with Crippen LogP contribution in [0.15, 0.2) is 6.07 Å². The van der Waals surface area contributed by atoms with Crippen LogP contribution < -0.4 is 0 Å². The molecule has 1 atom stereocenters. The summed E-state index contributed by atoms with van der Waals surface area (Å²) in [5.41, 5.74) is 4.92. The van der Waals surface area contributed by atoms with Crippen LogP contribution in [0.5, 0.6) is 5.75 Å². The van der Waals surface area contributed by atoms with Crippen molar-refractivity contribution in [1.82, 2.24) is 0 Å². The lowest BCUT2D eigenvalue weighted by molar-refractivity contribution is -0.108. The second-order valence-corrected chi connectivity index (χ2v) is 5.09. The van der Waals surface area contributed by atoms with E-state index in [1.54, 1.807) is 0 Å². The molecule has 1 aromatic carbocycles. The van der Waals surface area contributed by atoms with Gasteiger partial charge in [0.05, 0.1) is 0 Å². The lowest BCUT2D eigenvalue weighted by atomic mass is 9.81. The molecule has 92 valence electrons. The summed E-state index contributed by atoms with van der Waals surface area (Å²) in [6.07, 6.45) is 6.02. The van der Waals surface area contributed by atoms with Crippen molar-refractivity contribution in [3.63, 3.8) is 0 Å². The first kappa shape index (κ1) is 12.2. The number of hydrogen-bond donors (Lipinski definition) is 1. The number of carbonyl (C=O) groups excluding carboxylic acids is 1. The highest BCUT2D eigenvalue weighted by Crippen LogP contribution is 2.38. The normalized spacial score (nSPS) is 16.4. The monoisotopic (exact) mass is 232 g/mol. The molecular weight excluding hydrogens is 212 g/mol. The first-order valence-electron chi connectivity index (χ1n) is 6.43. The number of aryl methyl sites for hydroxylation is 1. The predicted octanol–water partition coefficient (Wildman–Crippen LogP) is 3.27. The highest BCUT2D eigenvalue weighted by Gasteiger charge is 2.22. The van der Waals surface area contributed by atoms with Gasteiger partial charge in [0, 0.05) is 12.0 Å². The molecule has 0 bridgehead atoms. The Balaban J connectivity index is 2.53. The Kier molecular flexibility index (Phi) is 3.51. The zero-order valence-corrected chi connectivity index (χ0v) is 10.6. The van der Waals surface area contributed by atoms with Gasteiger partial charge in [-0.3, -0.25) is 0 Å². The number of hydrogen-bond acceptors (Lipinski definition) is 2. The van der Waals surface area contributed by atoms with Crippen LogP contribution in [0.25, 0.3) is 0 Å². The van der Waals surface area contributed by atoms with Crippen LogP contribution >= 0.6 is 0 Å². The highest BCUT2D eigenvalue weighted by atomic mass is 16.3. The molecule has 2 heteroatoms. The topological polar surface area (TPSA) is 37.3 Å². The smallest absolute Gasteiger partial charge is 0.120 e. The first-order valence-corrected chi connectivity index (χ1v) is 6.43. The van der Waals surface area contributed by atoms with Crippen LogP contribution in [0.1, 0.15) is 54.4 Å². The largest absolute Gasteiger partial charge is 0.508 e. The summed E-state index contributed by atoms with van der Waals surface area (Å²) in [4.78, 5) is 10.7. The van der Waals surface area contributed by atoms with Gasteiger partial charge in [0.1, 0.15) is 12.0 Å². The van der Waals surface area contributed by atoms with Crippen molar-refractivity contribution >= 4 is 6.29 Å². The maximum absolute atomic E-state index is 10.7. The van der Waals surface area contributed by atoms with E-state index < -0.39 is 0 Å². The van der Waals surface area contributed by atoms with E-state index >= 15 is 0 Å². The molecule has 1 aliphatic rings. The van der Waals surface area contributed by atoms with Gasteiger partial charge in [-0.05, 0) is 61.3 Å². The molecule has 1 unspecified atom stereocenters. The second-order valence-electron chi connectivity index (χ2n) is 5.09. The number of rotatable bonds is 3. The summed E-state index contributed by atoms with van der Waals surface area (Å²) >= 11 is 0. The molecule has 0 fully saturated rings. The zero-order chi connectivity index (χ0) is 12.4. The summed E-state index contributed by atoms with van der Waals surface area (Å²) in [5.74, 6) is 0.498. The van der Waals surface area contributed by atoms with Crippen molar-refractivity contribution in [3.8, 4) is 5.75 Å².